The Morgan fingerprint density at radius 1 is 1.29 bits per heavy atom. The predicted molar refractivity (Wildman–Crippen MR) is 81.2 cm³/mol. The van der Waals surface area contributed by atoms with Gasteiger partial charge in [-0.05, 0) is 44.2 Å². The van der Waals surface area contributed by atoms with E-state index in [2.05, 4.69) is 0 Å². The number of esters is 1. The molecule has 1 rings (SSSR count). The van der Waals surface area contributed by atoms with Crippen molar-refractivity contribution in [1.29, 1.82) is 0 Å². The summed E-state index contributed by atoms with van der Waals surface area (Å²) in [5, 5.41) is 9.71. The zero-order chi connectivity index (χ0) is 16.2. The first kappa shape index (κ1) is 17.2. The van der Waals surface area contributed by atoms with Crippen molar-refractivity contribution in [3.63, 3.8) is 0 Å². The van der Waals surface area contributed by atoms with Crippen LogP contribution in [0, 0.1) is 25.2 Å². The second-order valence-electron chi connectivity index (χ2n) is 5.76. The molecular formula is C17H24O4. The molecule has 0 amide bonds. The van der Waals surface area contributed by atoms with E-state index in [-0.39, 0.29) is 18.9 Å². The van der Waals surface area contributed by atoms with Crippen LogP contribution in [-0.2, 0) is 20.7 Å². The molecule has 0 bridgehead atoms. The van der Waals surface area contributed by atoms with Gasteiger partial charge in [0.25, 0.3) is 0 Å². The number of benzene rings is 1. The standard InChI is InChI=1S/C17H24O4/c1-6-21-16(20)17(11(2)3,15(18)19)10-14-9-12(4)7-8-13(14)5/h7-9,11H,6,10H2,1-5H3,(H,18,19). The molecule has 0 saturated carbocycles. The van der Waals surface area contributed by atoms with E-state index < -0.39 is 17.4 Å². The molecule has 0 heterocycles. The Labute approximate surface area is 126 Å². The van der Waals surface area contributed by atoms with Gasteiger partial charge in [0.1, 0.15) is 0 Å². The number of carbonyl (C=O) groups is 2. The van der Waals surface area contributed by atoms with Crippen molar-refractivity contribution in [1.82, 2.24) is 0 Å². The maximum Gasteiger partial charge on any atom is 0.324 e. The highest BCUT2D eigenvalue weighted by Crippen LogP contribution is 2.35. The normalized spacial score (nSPS) is 13.8. The second-order valence-corrected chi connectivity index (χ2v) is 5.76. The molecule has 116 valence electrons. The first-order valence-corrected chi connectivity index (χ1v) is 7.22. The number of carboxylic acid groups (broad SMARTS) is 1. The topological polar surface area (TPSA) is 63.6 Å². The molecule has 1 atom stereocenters. The molecule has 0 spiro atoms. The van der Waals surface area contributed by atoms with Crippen LogP contribution in [0.2, 0.25) is 0 Å². The maximum absolute atomic E-state index is 12.3. The average molecular weight is 292 g/mol. The molecule has 0 aliphatic heterocycles. The average Bonchev–Trinajstić information content (AvgIpc) is 2.39. The summed E-state index contributed by atoms with van der Waals surface area (Å²) >= 11 is 0. The van der Waals surface area contributed by atoms with Gasteiger partial charge in [-0.1, -0.05) is 37.6 Å². The molecule has 1 aromatic carbocycles. The van der Waals surface area contributed by atoms with Gasteiger partial charge in [-0.2, -0.15) is 0 Å². The summed E-state index contributed by atoms with van der Waals surface area (Å²) < 4.78 is 5.05. The van der Waals surface area contributed by atoms with Crippen LogP contribution in [0.4, 0.5) is 0 Å². The summed E-state index contributed by atoms with van der Waals surface area (Å²) in [6.45, 7) is 9.22. The lowest BCUT2D eigenvalue weighted by atomic mass is 9.72. The van der Waals surface area contributed by atoms with Gasteiger partial charge < -0.3 is 9.84 Å². The molecule has 0 aromatic heterocycles. The van der Waals surface area contributed by atoms with Crippen molar-refractivity contribution in [3.05, 3.63) is 34.9 Å². The lowest BCUT2D eigenvalue weighted by molar-refractivity contribution is -0.172. The molecule has 0 saturated heterocycles. The number of rotatable bonds is 6. The second kappa shape index (κ2) is 6.74. The van der Waals surface area contributed by atoms with E-state index in [0.717, 1.165) is 16.7 Å². The number of carboxylic acids is 1. The zero-order valence-corrected chi connectivity index (χ0v) is 13.4. The minimum absolute atomic E-state index is 0.145. The van der Waals surface area contributed by atoms with Crippen LogP contribution in [0.3, 0.4) is 0 Å². The largest absolute Gasteiger partial charge is 0.480 e. The lowest BCUT2D eigenvalue weighted by Gasteiger charge is -2.31. The minimum atomic E-state index is -1.55. The molecule has 4 nitrogen and oxygen atoms in total. The number of carbonyl (C=O) groups excluding carboxylic acids is 1. The summed E-state index contributed by atoms with van der Waals surface area (Å²) in [6.07, 6.45) is 0.145. The molecule has 4 heteroatoms. The van der Waals surface area contributed by atoms with Crippen molar-refractivity contribution < 1.29 is 19.4 Å². The molecule has 1 aromatic rings. The Morgan fingerprint density at radius 2 is 1.90 bits per heavy atom. The monoisotopic (exact) mass is 292 g/mol. The van der Waals surface area contributed by atoms with Crippen LogP contribution in [0.15, 0.2) is 18.2 Å². The summed E-state index contributed by atoms with van der Waals surface area (Å²) in [5.41, 5.74) is 1.35. The fraction of sp³-hybridized carbons (Fsp3) is 0.529. The summed E-state index contributed by atoms with van der Waals surface area (Å²) in [6, 6.07) is 5.86. The molecule has 0 fully saturated rings. The van der Waals surface area contributed by atoms with E-state index >= 15 is 0 Å². The van der Waals surface area contributed by atoms with E-state index in [1.807, 2.05) is 32.0 Å². The molecular weight excluding hydrogens is 268 g/mol. The molecule has 0 aliphatic rings. The van der Waals surface area contributed by atoms with Crippen molar-refractivity contribution in [3.8, 4) is 0 Å². The first-order valence-electron chi connectivity index (χ1n) is 7.22. The maximum atomic E-state index is 12.3. The number of aryl methyl sites for hydroxylation is 2. The van der Waals surface area contributed by atoms with Crippen LogP contribution in [0.5, 0.6) is 0 Å². The highest BCUT2D eigenvalue weighted by atomic mass is 16.5. The van der Waals surface area contributed by atoms with Gasteiger partial charge >= 0.3 is 11.9 Å². The Hall–Kier alpha value is -1.84. The van der Waals surface area contributed by atoms with Crippen molar-refractivity contribution in [2.24, 2.45) is 11.3 Å². The van der Waals surface area contributed by atoms with Crippen LogP contribution >= 0.6 is 0 Å². The molecule has 0 radical (unpaired) electrons. The van der Waals surface area contributed by atoms with Crippen LogP contribution in [-0.4, -0.2) is 23.7 Å². The van der Waals surface area contributed by atoms with E-state index in [9.17, 15) is 14.7 Å². The smallest absolute Gasteiger partial charge is 0.324 e. The number of ether oxygens (including phenoxy) is 1. The highest BCUT2D eigenvalue weighted by molar-refractivity contribution is 5.99. The first-order chi connectivity index (χ1) is 9.75. The van der Waals surface area contributed by atoms with Gasteiger partial charge in [0.15, 0.2) is 5.41 Å². The summed E-state index contributed by atoms with van der Waals surface area (Å²) in [5.74, 6) is -2.15. The zero-order valence-electron chi connectivity index (χ0n) is 13.4. The van der Waals surface area contributed by atoms with E-state index in [0.29, 0.717) is 0 Å². The fourth-order valence-corrected chi connectivity index (χ4v) is 2.47. The Kier molecular flexibility index (Phi) is 5.53. The van der Waals surface area contributed by atoms with Gasteiger partial charge in [0, 0.05) is 0 Å². The Bertz CT molecular complexity index is 534. The molecule has 0 aliphatic carbocycles. The number of hydrogen-bond acceptors (Lipinski definition) is 3. The SMILES string of the molecule is CCOC(=O)C(Cc1cc(C)ccc1C)(C(=O)O)C(C)C. The van der Waals surface area contributed by atoms with Crippen molar-refractivity contribution >= 4 is 11.9 Å². The van der Waals surface area contributed by atoms with Gasteiger partial charge in [-0.3, -0.25) is 9.59 Å². The van der Waals surface area contributed by atoms with E-state index in [1.54, 1.807) is 20.8 Å². The predicted octanol–water partition coefficient (Wildman–Crippen LogP) is 3.14. The molecule has 21 heavy (non-hydrogen) atoms. The summed E-state index contributed by atoms with van der Waals surface area (Å²) in [4.78, 5) is 24.2. The van der Waals surface area contributed by atoms with Gasteiger partial charge in [-0.15, -0.1) is 0 Å². The van der Waals surface area contributed by atoms with Crippen molar-refractivity contribution in [2.45, 2.75) is 41.0 Å². The van der Waals surface area contributed by atoms with E-state index in [1.165, 1.54) is 0 Å². The fourth-order valence-electron chi connectivity index (χ4n) is 2.47. The van der Waals surface area contributed by atoms with Crippen LogP contribution in [0.25, 0.3) is 0 Å². The van der Waals surface area contributed by atoms with Gasteiger partial charge in [0.05, 0.1) is 6.61 Å². The minimum Gasteiger partial charge on any atom is -0.480 e. The van der Waals surface area contributed by atoms with Crippen LogP contribution in [0.1, 0.15) is 37.5 Å². The van der Waals surface area contributed by atoms with Crippen LogP contribution < -0.4 is 0 Å². The lowest BCUT2D eigenvalue weighted by Crippen LogP contribution is -2.47. The third-order valence-corrected chi connectivity index (χ3v) is 3.98. The summed E-state index contributed by atoms with van der Waals surface area (Å²) in [7, 11) is 0. The third-order valence-electron chi connectivity index (χ3n) is 3.98. The van der Waals surface area contributed by atoms with Gasteiger partial charge in [0.2, 0.25) is 0 Å². The third kappa shape index (κ3) is 3.43. The quantitative estimate of drug-likeness (QED) is 0.646. The highest BCUT2D eigenvalue weighted by Gasteiger charge is 2.50. The molecule has 1 N–H and O–H groups in total. The Morgan fingerprint density at radius 3 is 2.38 bits per heavy atom. The Balaban J connectivity index is 3.33. The van der Waals surface area contributed by atoms with Crippen molar-refractivity contribution in [2.75, 3.05) is 6.61 Å². The number of hydrogen-bond donors (Lipinski definition) is 1. The number of aliphatic carboxylic acids is 1. The molecule has 1 unspecified atom stereocenters. The van der Waals surface area contributed by atoms with E-state index in [4.69, 9.17) is 4.74 Å². The van der Waals surface area contributed by atoms with Gasteiger partial charge in [-0.25, -0.2) is 0 Å².